The van der Waals surface area contributed by atoms with Crippen LogP contribution in [-0.2, 0) is 18.3 Å². The molecule has 2 aromatic rings. The van der Waals surface area contributed by atoms with E-state index in [4.69, 9.17) is 5.73 Å². The molecule has 0 bridgehead atoms. The van der Waals surface area contributed by atoms with Crippen molar-refractivity contribution in [1.82, 2.24) is 9.47 Å². The number of halogens is 1. The molecule has 2 N–H and O–H groups in total. The number of aryl methyl sites for hydroxylation is 2. The summed E-state index contributed by atoms with van der Waals surface area (Å²) in [4.78, 5) is 14.6. The molecule has 2 aliphatic rings. The number of benzene rings is 1. The molecule has 1 saturated heterocycles. The van der Waals surface area contributed by atoms with Gasteiger partial charge in [-0.3, -0.25) is 4.79 Å². The molecular weight excluding hydrogens is 322 g/mol. The first-order valence-corrected chi connectivity index (χ1v) is 8.70. The lowest BCUT2D eigenvalue weighted by Gasteiger charge is -2.18. The number of carbonyl (C=O) groups excluding carboxylic acids is 1. The van der Waals surface area contributed by atoms with E-state index in [2.05, 4.69) is 47.0 Å². The van der Waals surface area contributed by atoms with Crippen LogP contribution in [0.15, 0.2) is 30.5 Å². The zero-order valence-electron chi connectivity index (χ0n) is 14.1. The number of para-hydroxylation sites is 1. The molecule has 1 aromatic carbocycles. The van der Waals surface area contributed by atoms with Gasteiger partial charge in [0, 0.05) is 49.7 Å². The summed E-state index contributed by atoms with van der Waals surface area (Å²) >= 11 is 0. The third-order valence-electron chi connectivity index (χ3n) is 5.85. The average molecular weight is 348 g/mol. The van der Waals surface area contributed by atoms with Crippen LogP contribution in [0.4, 0.5) is 0 Å². The summed E-state index contributed by atoms with van der Waals surface area (Å²) < 4.78 is 2.15. The number of nitrogens with zero attached hydrogens (tertiary/aromatic N) is 2. The van der Waals surface area contributed by atoms with E-state index in [0.29, 0.717) is 30.2 Å². The summed E-state index contributed by atoms with van der Waals surface area (Å²) in [5, 5.41) is 1.27. The Morgan fingerprint density at radius 3 is 2.83 bits per heavy atom. The third-order valence-corrected chi connectivity index (χ3v) is 5.85. The van der Waals surface area contributed by atoms with E-state index in [1.165, 1.54) is 22.9 Å². The van der Waals surface area contributed by atoms with Crippen LogP contribution in [0, 0.1) is 11.8 Å². The van der Waals surface area contributed by atoms with Crippen molar-refractivity contribution in [3.05, 3.63) is 36.0 Å². The minimum atomic E-state index is 0. The standard InChI is InChI=1S/C19H25N3O.ClH/c1-21-10-13(15-4-2-3-5-18(15)21)7-9-19(23)22-11-14-6-8-17(20)16(14)12-22;/h2-5,10,14,16-17H,6-9,11-12,20H2,1H3;1H. The van der Waals surface area contributed by atoms with Gasteiger partial charge in [0.25, 0.3) is 0 Å². The van der Waals surface area contributed by atoms with Gasteiger partial charge in [0.1, 0.15) is 0 Å². The molecule has 4 nitrogen and oxygen atoms in total. The van der Waals surface area contributed by atoms with Gasteiger partial charge >= 0.3 is 0 Å². The van der Waals surface area contributed by atoms with Crippen molar-refractivity contribution in [2.75, 3.05) is 13.1 Å². The van der Waals surface area contributed by atoms with Crippen molar-refractivity contribution in [3.8, 4) is 0 Å². The molecule has 2 fully saturated rings. The highest BCUT2D eigenvalue weighted by Gasteiger charge is 2.42. The summed E-state index contributed by atoms with van der Waals surface area (Å²) in [5.74, 6) is 1.47. The molecule has 0 spiro atoms. The van der Waals surface area contributed by atoms with E-state index in [1.807, 2.05) is 0 Å². The van der Waals surface area contributed by atoms with Gasteiger partial charge in [-0.2, -0.15) is 0 Å². The molecule has 0 radical (unpaired) electrons. The minimum absolute atomic E-state index is 0. The quantitative estimate of drug-likeness (QED) is 0.928. The fourth-order valence-corrected chi connectivity index (χ4v) is 4.54. The van der Waals surface area contributed by atoms with E-state index < -0.39 is 0 Å². The summed E-state index contributed by atoms with van der Waals surface area (Å²) in [6.45, 7) is 1.80. The maximum Gasteiger partial charge on any atom is 0.222 e. The lowest BCUT2D eigenvalue weighted by atomic mass is 9.98. The molecule has 1 amide bonds. The highest BCUT2D eigenvalue weighted by atomic mass is 35.5. The second-order valence-corrected chi connectivity index (χ2v) is 7.25. The van der Waals surface area contributed by atoms with Crippen LogP contribution in [0.5, 0.6) is 0 Å². The molecule has 3 unspecified atom stereocenters. The van der Waals surface area contributed by atoms with E-state index >= 15 is 0 Å². The van der Waals surface area contributed by atoms with E-state index in [0.717, 1.165) is 25.9 Å². The van der Waals surface area contributed by atoms with Crippen LogP contribution in [0.3, 0.4) is 0 Å². The first kappa shape index (κ1) is 17.3. The highest BCUT2D eigenvalue weighted by Crippen LogP contribution is 2.37. The van der Waals surface area contributed by atoms with Gasteiger partial charge in [0.15, 0.2) is 0 Å². The summed E-state index contributed by atoms with van der Waals surface area (Å²) in [6, 6.07) is 8.70. The molecule has 1 aliphatic heterocycles. The fourth-order valence-electron chi connectivity index (χ4n) is 4.54. The molecule has 130 valence electrons. The molecule has 1 saturated carbocycles. The second-order valence-electron chi connectivity index (χ2n) is 7.25. The zero-order chi connectivity index (χ0) is 16.0. The maximum absolute atomic E-state index is 12.6. The Morgan fingerprint density at radius 2 is 2.04 bits per heavy atom. The number of carbonyl (C=O) groups is 1. The smallest absolute Gasteiger partial charge is 0.222 e. The van der Waals surface area contributed by atoms with Gasteiger partial charge in [0.05, 0.1) is 0 Å². The number of likely N-dealkylation sites (tertiary alicyclic amines) is 1. The predicted molar refractivity (Wildman–Crippen MR) is 99.3 cm³/mol. The molecule has 24 heavy (non-hydrogen) atoms. The molecule has 1 aliphatic carbocycles. The van der Waals surface area contributed by atoms with Crippen molar-refractivity contribution >= 4 is 29.2 Å². The van der Waals surface area contributed by atoms with Gasteiger partial charge in [-0.05, 0) is 42.7 Å². The zero-order valence-corrected chi connectivity index (χ0v) is 15.0. The Balaban J connectivity index is 0.00000169. The molecule has 2 heterocycles. The van der Waals surface area contributed by atoms with Crippen LogP contribution >= 0.6 is 12.4 Å². The monoisotopic (exact) mass is 347 g/mol. The Labute approximate surface area is 149 Å². The first-order chi connectivity index (χ1) is 11.1. The maximum atomic E-state index is 12.6. The van der Waals surface area contributed by atoms with Crippen LogP contribution in [0.1, 0.15) is 24.8 Å². The normalized spacial score (nSPS) is 25.8. The summed E-state index contributed by atoms with van der Waals surface area (Å²) in [5.41, 5.74) is 8.68. The SMILES string of the molecule is Cl.Cn1cc(CCC(=O)N2CC3CCC(N)C3C2)c2ccccc21. The lowest BCUT2D eigenvalue weighted by Crippen LogP contribution is -2.33. The molecular formula is C19H26ClN3O. The number of hydrogen-bond donors (Lipinski definition) is 1. The largest absolute Gasteiger partial charge is 0.350 e. The molecule has 1 aromatic heterocycles. The predicted octanol–water partition coefficient (Wildman–Crippen LogP) is 2.73. The number of rotatable bonds is 3. The Morgan fingerprint density at radius 1 is 1.25 bits per heavy atom. The minimum Gasteiger partial charge on any atom is -0.350 e. The average Bonchev–Trinajstić information content (AvgIpc) is 3.21. The number of aromatic nitrogens is 1. The fraction of sp³-hybridized carbons (Fsp3) is 0.526. The molecule has 5 heteroatoms. The Kier molecular flexibility index (Phi) is 4.88. The van der Waals surface area contributed by atoms with E-state index in [1.54, 1.807) is 0 Å². The molecule has 4 rings (SSSR count). The van der Waals surface area contributed by atoms with Gasteiger partial charge in [-0.1, -0.05) is 18.2 Å². The second kappa shape index (κ2) is 6.77. The van der Waals surface area contributed by atoms with Gasteiger partial charge in [-0.15, -0.1) is 12.4 Å². The molecule has 3 atom stereocenters. The van der Waals surface area contributed by atoms with Crippen LogP contribution in [0.25, 0.3) is 10.9 Å². The first-order valence-electron chi connectivity index (χ1n) is 8.70. The van der Waals surface area contributed by atoms with Crippen molar-refractivity contribution < 1.29 is 4.79 Å². The third kappa shape index (κ3) is 2.93. The van der Waals surface area contributed by atoms with Gasteiger partial charge < -0.3 is 15.2 Å². The van der Waals surface area contributed by atoms with E-state index in [-0.39, 0.29) is 12.4 Å². The highest BCUT2D eigenvalue weighted by molar-refractivity contribution is 5.85. The van der Waals surface area contributed by atoms with Crippen molar-refractivity contribution in [1.29, 1.82) is 0 Å². The van der Waals surface area contributed by atoms with Gasteiger partial charge in [-0.25, -0.2) is 0 Å². The van der Waals surface area contributed by atoms with Gasteiger partial charge in [0.2, 0.25) is 5.91 Å². The van der Waals surface area contributed by atoms with Crippen LogP contribution in [-0.4, -0.2) is 34.5 Å². The number of nitrogens with two attached hydrogens (primary N) is 1. The lowest BCUT2D eigenvalue weighted by molar-refractivity contribution is -0.130. The van der Waals surface area contributed by atoms with Crippen LogP contribution < -0.4 is 5.73 Å². The van der Waals surface area contributed by atoms with Crippen molar-refractivity contribution in [2.45, 2.75) is 31.7 Å². The summed E-state index contributed by atoms with van der Waals surface area (Å²) in [6.07, 6.45) is 5.90. The van der Waals surface area contributed by atoms with Crippen molar-refractivity contribution in [3.63, 3.8) is 0 Å². The topological polar surface area (TPSA) is 51.3 Å². The number of amides is 1. The van der Waals surface area contributed by atoms with Crippen molar-refractivity contribution in [2.24, 2.45) is 24.6 Å². The number of hydrogen-bond acceptors (Lipinski definition) is 2. The Bertz CT molecular complexity index is 741. The van der Waals surface area contributed by atoms with Crippen LogP contribution in [0.2, 0.25) is 0 Å². The number of fused-ring (bicyclic) bond motifs is 2. The van der Waals surface area contributed by atoms with E-state index in [9.17, 15) is 4.79 Å². The summed E-state index contributed by atoms with van der Waals surface area (Å²) in [7, 11) is 2.07. The Hall–Kier alpha value is -1.52.